The zero-order valence-corrected chi connectivity index (χ0v) is 11.8. The smallest absolute Gasteiger partial charge is 0.305 e. The highest BCUT2D eigenvalue weighted by molar-refractivity contribution is 6.05. The number of nitrogens with zero attached hydrogens (tertiary/aromatic N) is 3. The van der Waals surface area contributed by atoms with Gasteiger partial charge < -0.3 is 5.32 Å². The van der Waals surface area contributed by atoms with Crippen LogP contribution in [-0.2, 0) is 0 Å². The van der Waals surface area contributed by atoms with Crippen molar-refractivity contribution in [1.29, 1.82) is 0 Å². The Bertz CT molecular complexity index is 860. The molecule has 1 aromatic carbocycles. The van der Waals surface area contributed by atoms with Gasteiger partial charge in [-0.3, -0.25) is 20.0 Å². The molecule has 23 heavy (non-hydrogen) atoms. The molecule has 0 atom stereocenters. The van der Waals surface area contributed by atoms with Crippen molar-refractivity contribution in [2.24, 2.45) is 0 Å². The van der Waals surface area contributed by atoms with Crippen LogP contribution in [0, 0.1) is 10.1 Å². The number of aromatic amines is 1. The molecule has 3 rings (SSSR count). The number of nitrogens with one attached hydrogen (secondary N) is 2. The zero-order chi connectivity index (χ0) is 16.2. The predicted octanol–water partition coefficient (Wildman–Crippen LogP) is 2.63. The Hall–Kier alpha value is -3.55. The number of pyridine rings is 1. The Morgan fingerprint density at radius 1 is 1.17 bits per heavy atom. The Morgan fingerprint density at radius 2 is 1.96 bits per heavy atom. The van der Waals surface area contributed by atoms with Crippen molar-refractivity contribution in [1.82, 2.24) is 15.2 Å². The molecule has 8 nitrogen and oxygen atoms in total. The molecule has 2 aromatic heterocycles. The number of hydrogen-bond donors (Lipinski definition) is 2. The van der Waals surface area contributed by atoms with Crippen molar-refractivity contribution in [3.63, 3.8) is 0 Å². The summed E-state index contributed by atoms with van der Waals surface area (Å²) in [5.41, 5.74) is 1.23. The maximum absolute atomic E-state index is 12.1. The highest BCUT2D eigenvalue weighted by atomic mass is 16.6. The lowest BCUT2D eigenvalue weighted by Crippen LogP contribution is -2.15. The second-order valence-electron chi connectivity index (χ2n) is 4.64. The number of rotatable bonds is 4. The van der Waals surface area contributed by atoms with Crippen LogP contribution in [0.4, 0.5) is 11.5 Å². The largest absolute Gasteiger partial charge is 0.319 e. The first-order valence-corrected chi connectivity index (χ1v) is 6.66. The molecule has 0 bridgehead atoms. The highest BCUT2D eigenvalue weighted by Gasteiger charge is 2.23. The number of nitro groups is 1. The summed E-state index contributed by atoms with van der Waals surface area (Å²) >= 11 is 0. The van der Waals surface area contributed by atoms with E-state index in [1.165, 1.54) is 0 Å². The molecular formula is C15H11N5O3. The van der Waals surface area contributed by atoms with Crippen LogP contribution in [0.2, 0.25) is 0 Å². The van der Waals surface area contributed by atoms with Crippen molar-refractivity contribution >= 4 is 17.4 Å². The third-order valence-corrected chi connectivity index (χ3v) is 3.15. The van der Waals surface area contributed by atoms with Gasteiger partial charge in [0.05, 0.1) is 4.92 Å². The van der Waals surface area contributed by atoms with Gasteiger partial charge in [-0.25, -0.2) is 4.98 Å². The van der Waals surface area contributed by atoms with Gasteiger partial charge in [0, 0.05) is 6.20 Å². The molecule has 0 saturated carbocycles. The van der Waals surface area contributed by atoms with Gasteiger partial charge in [0.15, 0.2) is 0 Å². The van der Waals surface area contributed by atoms with E-state index in [4.69, 9.17) is 0 Å². The van der Waals surface area contributed by atoms with Crippen LogP contribution in [0.1, 0.15) is 10.5 Å². The number of H-pyrrole nitrogens is 1. The molecule has 2 heterocycles. The maximum atomic E-state index is 12.1. The molecule has 3 aromatic rings. The average Bonchev–Trinajstić information content (AvgIpc) is 3.06. The van der Waals surface area contributed by atoms with Crippen molar-refractivity contribution in [3.05, 3.63) is 70.7 Å². The summed E-state index contributed by atoms with van der Waals surface area (Å²) < 4.78 is 0. The minimum Gasteiger partial charge on any atom is -0.305 e. The Kier molecular flexibility index (Phi) is 3.79. The molecule has 2 N–H and O–H groups in total. The summed E-state index contributed by atoms with van der Waals surface area (Å²) in [6.45, 7) is 0. The molecule has 0 fully saturated rings. The Morgan fingerprint density at radius 3 is 2.70 bits per heavy atom. The number of aromatic nitrogens is 3. The highest BCUT2D eigenvalue weighted by Crippen LogP contribution is 2.21. The van der Waals surface area contributed by atoms with Crippen molar-refractivity contribution < 1.29 is 9.72 Å². The quantitative estimate of drug-likeness (QED) is 0.568. The third kappa shape index (κ3) is 3.05. The van der Waals surface area contributed by atoms with Crippen LogP contribution in [-0.4, -0.2) is 26.0 Å². The molecular weight excluding hydrogens is 298 g/mol. The van der Waals surface area contributed by atoms with Crippen molar-refractivity contribution in [2.75, 3.05) is 5.32 Å². The Labute approximate surface area is 130 Å². The molecule has 0 spiro atoms. The van der Waals surface area contributed by atoms with E-state index >= 15 is 0 Å². The normalized spacial score (nSPS) is 10.3. The number of anilines is 1. The minimum absolute atomic E-state index is 0.220. The first kappa shape index (κ1) is 14.4. The summed E-state index contributed by atoms with van der Waals surface area (Å²) in [4.78, 5) is 26.3. The summed E-state index contributed by atoms with van der Waals surface area (Å²) in [6, 6.07) is 13.1. The SMILES string of the molecule is O=C(Nc1cc(-c2ccccc2)ccn1)c1[nH]ncc1[N+](=O)[O-]. The fourth-order valence-corrected chi connectivity index (χ4v) is 2.07. The molecule has 1 amide bonds. The van der Waals surface area contributed by atoms with E-state index in [0.29, 0.717) is 5.82 Å². The fraction of sp³-hybridized carbons (Fsp3) is 0. The zero-order valence-electron chi connectivity index (χ0n) is 11.8. The Balaban J connectivity index is 1.85. The van der Waals surface area contributed by atoms with Crippen molar-refractivity contribution in [3.8, 4) is 11.1 Å². The monoisotopic (exact) mass is 309 g/mol. The predicted molar refractivity (Wildman–Crippen MR) is 82.9 cm³/mol. The number of amides is 1. The lowest BCUT2D eigenvalue weighted by molar-refractivity contribution is -0.385. The van der Waals surface area contributed by atoms with Crippen LogP contribution < -0.4 is 5.32 Å². The summed E-state index contributed by atoms with van der Waals surface area (Å²) in [5.74, 6) is -0.382. The topological polar surface area (TPSA) is 114 Å². The molecule has 114 valence electrons. The van der Waals surface area contributed by atoms with E-state index in [9.17, 15) is 14.9 Å². The summed E-state index contributed by atoms with van der Waals surface area (Å²) in [7, 11) is 0. The molecule has 0 aliphatic heterocycles. The lowest BCUT2D eigenvalue weighted by Gasteiger charge is -2.06. The van der Waals surface area contributed by atoms with E-state index in [2.05, 4.69) is 20.5 Å². The lowest BCUT2D eigenvalue weighted by atomic mass is 10.1. The van der Waals surface area contributed by atoms with E-state index in [-0.39, 0.29) is 11.4 Å². The molecule has 0 aliphatic carbocycles. The second kappa shape index (κ2) is 6.06. The third-order valence-electron chi connectivity index (χ3n) is 3.15. The van der Waals surface area contributed by atoms with E-state index in [1.807, 2.05) is 36.4 Å². The van der Waals surface area contributed by atoms with E-state index in [0.717, 1.165) is 17.3 Å². The molecule has 0 unspecified atom stereocenters. The number of carbonyl (C=O) groups excluding carboxylic acids is 1. The fourth-order valence-electron chi connectivity index (χ4n) is 2.07. The molecule has 8 heteroatoms. The summed E-state index contributed by atoms with van der Waals surface area (Å²) in [6.07, 6.45) is 2.54. The van der Waals surface area contributed by atoms with Crippen LogP contribution >= 0.6 is 0 Å². The first-order chi connectivity index (χ1) is 11.1. The van der Waals surface area contributed by atoms with E-state index in [1.54, 1.807) is 12.3 Å². The first-order valence-electron chi connectivity index (χ1n) is 6.66. The van der Waals surface area contributed by atoms with Crippen molar-refractivity contribution in [2.45, 2.75) is 0 Å². The number of hydrogen-bond acceptors (Lipinski definition) is 5. The van der Waals surface area contributed by atoms with Gasteiger partial charge in [0.25, 0.3) is 5.91 Å². The van der Waals surface area contributed by atoms with Gasteiger partial charge in [-0.2, -0.15) is 5.10 Å². The van der Waals surface area contributed by atoms with Gasteiger partial charge >= 0.3 is 5.69 Å². The number of benzene rings is 1. The van der Waals surface area contributed by atoms with Gasteiger partial charge in [-0.05, 0) is 23.3 Å². The standard InChI is InChI=1S/C15H11N5O3/c21-15(14-12(20(22)23)9-17-19-14)18-13-8-11(6-7-16-13)10-4-2-1-3-5-10/h1-9H,(H,17,19)(H,16,18,21). The summed E-state index contributed by atoms with van der Waals surface area (Å²) in [5, 5.41) is 19.2. The van der Waals surface area contributed by atoms with Crippen LogP contribution in [0.5, 0.6) is 0 Å². The number of carbonyl (C=O) groups is 1. The molecule has 0 saturated heterocycles. The van der Waals surface area contributed by atoms with Gasteiger partial charge in [-0.15, -0.1) is 0 Å². The van der Waals surface area contributed by atoms with Gasteiger partial charge in [-0.1, -0.05) is 30.3 Å². The average molecular weight is 309 g/mol. The minimum atomic E-state index is -0.674. The van der Waals surface area contributed by atoms with Crippen LogP contribution in [0.25, 0.3) is 11.1 Å². The maximum Gasteiger partial charge on any atom is 0.319 e. The van der Waals surface area contributed by atoms with Gasteiger partial charge in [0.2, 0.25) is 5.69 Å². The van der Waals surface area contributed by atoms with Gasteiger partial charge in [0.1, 0.15) is 12.0 Å². The van der Waals surface area contributed by atoms with Crippen LogP contribution in [0.3, 0.4) is 0 Å². The van der Waals surface area contributed by atoms with Crippen LogP contribution in [0.15, 0.2) is 54.9 Å². The second-order valence-corrected chi connectivity index (χ2v) is 4.64. The molecule has 0 aliphatic rings. The molecule has 0 radical (unpaired) electrons. The van der Waals surface area contributed by atoms with E-state index < -0.39 is 10.8 Å².